The van der Waals surface area contributed by atoms with Crippen LogP contribution >= 0.6 is 27.3 Å². The summed E-state index contributed by atoms with van der Waals surface area (Å²) in [5.74, 6) is -2.22. The number of sulfonamides is 1. The van der Waals surface area contributed by atoms with Crippen LogP contribution in [0.2, 0.25) is 0 Å². The largest absolute Gasteiger partial charge is 0.480 e. The van der Waals surface area contributed by atoms with Crippen LogP contribution in [0, 0.1) is 5.82 Å². The SMILES string of the molecule is O=C(O)CN(CCc1cccs1)S(=O)(=O)c1ccc(Br)cc1F. The maximum Gasteiger partial charge on any atom is 0.318 e. The molecule has 0 saturated heterocycles. The van der Waals surface area contributed by atoms with Gasteiger partial charge in [0.1, 0.15) is 17.3 Å². The standard InChI is InChI=1S/C14H13BrFNO4S2/c15-10-3-4-13(12(16)8-10)23(20,21)17(9-14(18)19)6-5-11-2-1-7-22-11/h1-4,7-8H,5-6,9H2,(H,18,19). The molecule has 0 fully saturated rings. The van der Waals surface area contributed by atoms with E-state index in [9.17, 15) is 17.6 Å². The number of thiophene rings is 1. The molecule has 0 aliphatic rings. The summed E-state index contributed by atoms with van der Waals surface area (Å²) in [6, 6.07) is 7.20. The number of rotatable bonds is 7. The highest BCUT2D eigenvalue weighted by molar-refractivity contribution is 9.10. The van der Waals surface area contributed by atoms with E-state index in [4.69, 9.17) is 5.11 Å². The van der Waals surface area contributed by atoms with Crippen molar-refractivity contribution in [2.75, 3.05) is 13.1 Å². The van der Waals surface area contributed by atoms with Gasteiger partial charge in [-0.1, -0.05) is 22.0 Å². The van der Waals surface area contributed by atoms with Crippen LogP contribution in [-0.4, -0.2) is 36.9 Å². The van der Waals surface area contributed by atoms with Crippen molar-refractivity contribution in [2.24, 2.45) is 0 Å². The molecule has 1 aromatic carbocycles. The number of halogens is 2. The molecule has 0 atom stereocenters. The number of hydrogen-bond acceptors (Lipinski definition) is 4. The highest BCUT2D eigenvalue weighted by atomic mass is 79.9. The van der Waals surface area contributed by atoms with Gasteiger partial charge < -0.3 is 5.11 Å². The van der Waals surface area contributed by atoms with Crippen LogP contribution in [-0.2, 0) is 21.2 Å². The van der Waals surface area contributed by atoms with Gasteiger partial charge in [-0.25, -0.2) is 12.8 Å². The first-order valence-electron chi connectivity index (χ1n) is 6.50. The van der Waals surface area contributed by atoms with Crippen molar-refractivity contribution in [3.8, 4) is 0 Å². The molecular formula is C14H13BrFNO4S2. The third-order valence-electron chi connectivity index (χ3n) is 3.01. The number of nitrogens with zero attached hydrogens (tertiary/aromatic N) is 1. The minimum absolute atomic E-state index is 0.0371. The fourth-order valence-electron chi connectivity index (χ4n) is 1.95. The highest BCUT2D eigenvalue weighted by Gasteiger charge is 2.29. The van der Waals surface area contributed by atoms with Gasteiger partial charge in [0.15, 0.2) is 0 Å². The lowest BCUT2D eigenvalue weighted by atomic mass is 10.3. The van der Waals surface area contributed by atoms with Crippen LogP contribution in [0.1, 0.15) is 4.88 Å². The summed E-state index contributed by atoms with van der Waals surface area (Å²) < 4.78 is 40.3. The topological polar surface area (TPSA) is 74.7 Å². The van der Waals surface area contributed by atoms with E-state index < -0.39 is 33.3 Å². The molecule has 1 heterocycles. The van der Waals surface area contributed by atoms with E-state index in [2.05, 4.69) is 15.9 Å². The number of carbonyl (C=O) groups is 1. The van der Waals surface area contributed by atoms with Crippen molar-refractivity contribution in [2.45, 2.75) is 11.3 Å². The molecule has 23 heavy (non-hydrogen) atoms. The zero-order valence-electron chi connectivity index (χ0n) is 11.8. The first kappa shape index (κ1) is 18.1. The van der Waals surface area contributed by atoms with Gasteiger partial charge >= 0.3 is 5.97 Å². The highest BCUT2D eigenvalue weighted by Crippen LogP contribution is 2.23. The number of hydrogen-bond donors (Lipinski definition) is 1. The molecule has 0 unspecified atom stereocenters. The quantitative estimate of drug-likeness (QED) is 0.745. The number of aliphatic carboxylic acids is 1. The van der Waals surface area contributed by atoms with Crippen LogP contribution in [0.3, 0.4) is 0 Å². The lowest BCUT2D eigenvalue weighted by Gasteiger charge is -2.20. The molecule has 0 radical (unpaired) electrons. The van der Waals surface area contributed by atoms with E-state index in [0.717, 1.165) is 21.3 Å². The summed E-state index contributed by atoms with van der Waals surface area (Å²) >= 11 is 4.50. The predicted octanol–water partition coefficient (Wildman–Crippen LogP) is 2.97. The Kier molecular flexibility index (Phi) is 5.90. The fourth-order valence-corrected chi connectivity index (χ4v) is 4.42. The molecule has 0 aliphatic carbocycles. The Morgan fingerprint density at radius 1 is 1.35 bits per heavy atom. The molecule has 124 valence electrons. The molecule has 0 bridgehead atoms. The minimum Gasteiger partial charge on any atom is -0.480 e. The lowest BCUT2D eigenvalue weighted by molar-refractivity contribution is -0.137. The van der Waals surface area contributed by atoms with Crippen molar-refractivity contribution < 1.29 is 22.7 Å². The summed E-state index contributed by atoms with van der Waals surface area (Å²) in [5, 5.41) is 10.8. The van der Waals surface area contributed by atoms with Gasteiger partial charge in [0.25, 0.3) is 0 Å². The second-order valence-electron chi connectivity index (χ2n) is 4.64. The van der Waals surface area contributed by atoms with Gasteiger partial charge in [0, 0.05) is 15.9 Å². The average molecular weight is 422 g/mol. The van der Waals surface area contributed by atoms with Crippen LogP contribution in [0.15, 0.2) is 45.1 Å². The number of carboxylic acid groups (broad SMARTS) is 1. The molecule has 0 spiro atoms. The summed E-state index contributed by atoms with van der Waals surface area (Å²) in [6.07, 6.45) is 0.363. The average Bonchev–Trinajstić information content (AvgIpc) is 2.95. The molecule has 0 saturated carbocycles. The Labute approximate surface area is 145 Å². The van der Waals surface area contributed by atoms with E-state index in [1.54, 1.807) is 0 Å². The predicted molar refractivity (Wildman–Crippen MR) is 88.5 cm³/mol. The maximum absolute atomic E-state index is 14.0. The molecule has 9 heteroatoms. The van der Waals surface area contributed by atoms with Crippen molar-refractivity contribution in [1.82, 2.24) is 4.31 Å². The van der Waals surface area contributed by atoms with Crippen LogP contribution in [0.4, 0.5) is 4.39 Å². The second-order valence-corrected chi connectivity index (χ2v) is 8.49. The van der Waals surface area contributed by atoms with E-state index in [-0.39, 0.29) is 6.54 Å². The Hall–Kier alpha value is -1.29. The summed E-state index contributed by atoms with van der Waals surface area (Å²) in [4.78, 5) is 11.4. The van der Waals surface area contributed by atoms with Crippen LogP contribution < -0.4 is 0 Å². The Morgan fingerprint density at radius 3 is 2.65 bits per heavy atom. The summed E-state index contributed by atoms with van der Waals surface area (Å²) in [5.41, 5.74) is 0. The van der Waals surface area contributed by atoms with Crippen molar-refractivity contribution in [3.05, 3.63) is 50.9 Å². The number of benzene rings is 1. The van der Waals surface area contributed by atoms with Crippen molar-refractivity contribution >= 4 is 43.3 Å². The van der Waals surface area contributed by atoms with E-state index in [0.29, 0.717) is 10.9 Å². The zero-order chi connectivity index (χ0) is 17.0. The molecule has 5 nitrogen and oxygen atoms in total. The van der Waals surface area contributed by atoms with Crippen LogP contribution in [0.25, 0.3) is 0 Å². The lowest BCUT2D eigenvalue weighted by Crippen LogP contribution is -2.37. The van der Waals surface area contributed by atoms with Crippen LogP contribution in [0.5, 0.6) is 0 Å². The van der Waals surface area contributed by atoms with Gasteiger partial charge in [-0.2, -0.15) is 4.31 Å². The van der Waals surface area contributed by atoms with E-state index in [1.165, 1.54) is 17.4 Å². The third kappa shape index (κ3) is 4.60. The first-order valence-corrected chi connectivity index (χ1v) is 9.61. The summed E-state index contributed by atoms with van der Waals surface area (Å²) in [6.45, 7) is -0.756. The number of carboxylic acids is 1. The monoisotopic (exact) mass is 421 g/mol. The van der Waals surface area contributed by atoms with Gasteiger partial charge in [0.2, 0.25) is 10.0 Å². The molecule has 2 aromatic rings. The fraction of sp³-hybridized carbons (Fsp3) is 0.214. The van der Waals surface area contributed by atoms with Crippen molar-refractivity contribution in [1.29, 1.82) is 0 Å². The third-order valence-corrected chi connectivity index (χ3v) is 6.32. The Balaban J connectivity index is 2.30. The molecular weight excluding hydrogens is 409 g/mol. The van der Waals surface area contributed by atoms with Gasteiger partial charge in [0.05, 0.1) is 0 Å². The molecule has 1 aromatic heterocycles. The molecule has 2 rings (SSSR count). The second kappa shape index (κ2) is 7.52. The normalized spacial score (nSPS) is 11.8. The van der Waals surface area contributed by atoms with Gasteiger partial charge in [-0.3, -0.25) is 4.79 Å². The summed E-state index contributed by atoms with van der Waals surface area (Å²) in [7, 11) is -4.24. The van der Waals surface area contributed by atoms with E-state index in [1.807, 2.05) is 17.5 Å². The maximum atomic E-state index is 14.0. The molecule has 0 aliphatic heterocycles. The zero-order valence-corrected chi connectivity index (χ0v) is 15.0. The first-order chi connectivity index (χ1) is 10.8. The van der Waals surface area contributed by atoms with E-state index >= 15 is 0 Å². The molecule has 0 amide bonds. The minimum atomic E-state index is -4.24. The Bertz CT molecular complexity index is 793. The van der Waals surface area contributed by atoms with Gasteiger partial charge in [-0.05, 0) is 36.1 Å². The molecule has 1 N–H and O–H groups in total. The Morgan fingerprint density at radius 2 is 2.09 bits per heavy atom. The smallest absolute Gasteiger partial charge is 0.318 e. The van der Waals surface area contributed by atoms with Gasteiger partial charge in [-0.15, -0.1) is 11.3 Å². The van der Waals surface area contributed by atoms with Crippen molar-refractivity contribution in [3.63, 3.8) is 0 Å².